The number of fused-ring (bicyclic) bond motifs is 2. The van der Waals surface area contributed by atoms with Crippen LogP contribution in [0.15, 0.2) is 30.5 Å². The Kier molecular flexibility index (Phi) is 4.23. The SMILES string of the molecule is CCn1ccc(C(=O)N2C[C@@H](c3cc(F)cc(F)c3)[C@@H]3[C@H]2C2CCN3CC2)n1. The fraction of sp³-hybridized carbons (Fsp3) is 0.524. The summed E-state index contributed by atoms with van der Waals surface area (Å²) in [6, 6.07) is 5.71. The molecule has 1 aromatic carbocycles. The predicted molar refractivity (Wildman–Crippen MR) is 99.9 cm³/mol. The summed E-state index contributed by atoms with van der Waals surface area (Å²) in [5.41, 5.74) is 1.09. The van der Waals surface area contributed by atoms with E-state index in [0.29, 0.717) is 30.3 Å². The van der Waals surface area contributed by atoms with Gasteiger partial charge in [0.05, 0.1) is 6.04 Å². The fourth-order valence-electron chi connectivity index (χ4n) is 5.54. The van der Waals surface area contributed by atoms with Gasteiger partial charge in [-0.15, -0.1) is 0 Å². The van der Waals surface area contributed by atoms with Gasteiger partial charge in [0, 0.05) is 37.3 Å². The quantitative estimate of drug-likeness (QED) is 0.815. The van der Waals surface area contributed by atoms with Gasteiger partial charge in [-0.3, -0.25) is 14.4 Å². The standard InChI is InChI=1S/C21H24F2N4O/c1-2-26-8-5-18(24-26)21(28)27-12-17(14-9-15(22)11-16(23)10-14)20-19(27)13-3-6-25(20)7-4-13/h5,8-11,13,17,19-20H,2-4,6-7,12H2,1H3/t17-,19+,20+/m0/s1. The second-order valence-electron chi connectivity index (χ2n) is 8.18. The van der Waals surface area contributed by atoms with Gasteiger partial charge < -0.3 is 4.90 Å². The van der Waals surface area contributed by atoms with E-state index in [-0.39, 0.29) is 23.9 Å². The van der Waals surface area contributed by atoms with Crippen LogP contribution in [0, 0.1) is 17.6 Å². The van der Waals surface area contributed by atoms with Crippen molar-refractivity contribution in [3.63, 3.8) is 0 Å². The van der Waals surface area contributed by atoms with Gasteiger partial charge in [-0.05, 0) is 62.5 Å². The van der Waals surface area contributed by atoms with Crippen LogP contribution in [0.1, 0.15) is 41.7 Å². The molecule has 0 radical (unpaired) electrons. The summed E-state index contributed by atoms with van der Waals surface area (Å²) >= 11 is 0. The number of halogens is 2. The highest BCUT2D eigenvalue weighted by molar-refractivity contribution is 5.93. The summed E-state index contributed by atoms with van der Waals surface area (Å²) in [5.74, 6) is -0.843. The third-order valence-electron chi connectivity index (χ3n) is 6.75. The van der Waals surface area contributed by atoms with Crippen molar-refractivity contribution < 1.29 is 13.6 Å². The van der Waals surface area contributed by atoms with Gasteiger partial charge in [0.15, 0.2) is 0 Å². The van der Waals surface area contributed by atoms with Gasteiger partial charge in [-0.2, -0.15) is 5.10 Å². The third kappa shape index (κ3) is 2.75. The van der Waals surface area contributed by atoms with E-state index in [0.717, 1.165) is 32.0 Å². The molecule has 2 bridgehead atoms. The van der Waals surface area contributed by atoms with Crippen LogP contribution in [0.4, 0.5) is 8.78 Å². The molecule has 5 heterocycles. The lowest BCUT2D eigenvalue weighted by molar-refractivity contribution is -0.00363. The average Bonchev–Trinajstić information content (AvgIpc) is 3.34. The number of piperidine rings is 3. The first-order chi connectivity index (χ1) is 13.5. The van der Waals surface area contributed by atoms with Crippen LogP contribution in [-0.2, 0) is 6.54 Å². The maximum Gasteiger partial charge on any atom is 0.274 e. The lowest BCUT2D eigenvalue weighted by Crippen LogP contribution is -2.60. The molecule has 1 aromatic heterocycles. The molecule has 0 spiro atoms. The van der Waals surface area contributed by atoms with Crippen molar-refractivity contribution >= 4 is 5.91 Å². The van der Waals surface area contributed by atoms with Crippen LogP contribution < -0.4 is 0 Å². The van der Waals surface area contributed by atoms with E-state index in [1.54, 1.807) is 10.7 Å². The molecule has 6 rings (SSSR count). The van der Waals surface area contributed by atoms with Crippen LogP contribution in [-0.4, -0.2) is 57.2 Å². The number of carbonyl (C=O) groups excluding carboxylic acids is 1. The molecule has 0 N–H and O–H groups in total. The highest BCUT2D eigenvalue weighted by atomic mass is 19.1. The maximum atomic E-state index is 13.9. The molecule has 28 heavy (non-hydrogen) atoms. The minimum Gasteiger partial charge on any atom is -0.332 e. The van der Waals surface area contributed by atoms with Crippen molar-refractivity contribution in [3.05, 3.63) is 53.4 Å². The zero-order valence-corrected chi connectivity index (χ0v) is 15.9. The lowest BCUT2D eigenvalue weighted by Gasteiger charge is -2.51. The smallest absolute Gasteiger partial charge is 0.274 e. The zero-order valence-electron chi connectivity index (χ0n) is 15.9. The number of aromatic nitrogens is 2. The summed E-state index contributed by atoms with van der Waals surface area (Å²) in [6.07, 6.45) is 3.95. The second kappa shape index (κ2) is 6.65. The van der Waals surface area contributed by atoms with Crippen LogP contribution >= 0.6 is 0 Å². The van der Waals surface area contributed by atoms with Crippen LogP contribution in [0.25, 0.3) is 0 Å². The zero-order chi connectivity index (χ0) is 19.4. The van der Waals surface area contributed by atoms with E-state index >= 15 is 0 Å². The van der Waals surface area contributed by atoms with Gasteiger partial charge in [-0.1, -0.05) is 0 Å². The average molecular weight is 386 g/mol. The van der Waals surface area contributed by atoms with Crippen molar-refractivity contribution in [2.24, 2.45) is 5.92 Å². The first-order valence-electron chi connectivity index (χ1n) is 10.1. The molecule has 4 aliphatic heterocycles. The molecule has 148 valence electrons. The van der Waals surface area contributed by atoms with Gasteiger partial charge in [0.1, 0.15) is 17.3 Å². The number of aryl methyl sites for hydroxylation is 1. The van der Waals surface area contributed by atoms with E-state index in [1.807, 2.05) is 18.0 Å². The summed E-state index contributed by atoms with van der Waals surface area (Å²) in [7, 11) is 0. The molecule has 5 nitrogen and oxygen atoms in total. The minimum atomic E-state index is -0.561. The molecule has 0 saturated carbocycles. The molecular formula is C21H24F2N4O. The summed E-state index contributed by atoms with van der Waals surface area (Å²) < 4.78 is 29.6. The van der Waals surface area contributed by atoms with Gasteiger partial charge >= 0.3 is 0 Å². The maximum absolute atomic E-state index is 13.9. The highest BCUT2D eigenvalue weighted by Crippen LogP contribution is 2.47. The van der Waals surface area contributed by atoms with Crippen molar-refractivity contribution in [3.8, 4) is 0 Å². The molecule has 4 saturated heterocycles. The Morgan fingerprint density at radius 3 is 2.50 bits per heavy atom. The monoisotopic (exact) mass is 386 g/mol. The number of hydrogen-bond acceptors (Lipinski definition) is 3. The number of rotatable bonds is 3. The van der Waals surface area contributed by atoms with Gasteiger partial charge in [0.25, 0.3) is 5.91 Å². The number of nitrogens with zero attached hydrogens (tertiary/aromatic N) is 4. The van der Waals surface area contributed by atoms with Crippen LogP contribution in [0.2, 0.25) is 0 Å². The molecular weight excluding hydrogens is 362 g/mol. The Morgan fingerprint density at radius 2 is 1.86 bits per heavy atom. The Balaban J connectivity index is 1.52. The van der Waals surface area contributed by atoms with E-state index in [1.165, 1.54) is 12.1 Å². The topological polar surface area (TPSA) is 41.4 Å². The van der Waals surface area contributed by atoms with Crippen LogP contribution in [0.3, 0.4) is 0 Å². The molecule has 1 amide bonds. The van der Waals surface area contributed by atoms with Crippen molar-refractivity contribution in [2.75, 3.05) is 19.6 Å². The number of amides is 1. The number of likely N-dealkylation sites (tertiary alicyclic amines) is 1. The van der Waals surface area contributed by atoms with Gasteiger partial charge in [-0.25, -0.2) is 8.78 Å². The van der Waals surface area contributed by atoms with Gasteiger partial charge in [0.2, 0.25) is 0 Å². The van der Waals surface area contributed by atoms with E-state index in [9.17, 15) is 13.6 Å². The Bertz CT molecular complexity index is 885. The molecule has 3 atom stereocenters. The van der Waals surface area contributed by atoms with E-state index in [2.05, 4.69) is 10.00 Å². The number of carbonyl (C=O) groups is 1. The first kappa shape index (κ1) is 17.8. The first-order valence-corrected chi connectivity index (χ1v) is 10.1. The third-order valence-corrected chi connectivity index (χ3v) is 6.75. The Hall–Kier alpha value is -2.28. The minimum absolute atomic E-state index is 0.0738. The normalized spacial score (nSPS) is 31.2. The lowest BCUT2D eigenvalue weighted by atomic mass is 9.75. The molecule has 4 aliphatic rings. The van der Waals surface area contributed by atoms with Crippen molar-refractivity contribution in [1.82, 2.24) is 19.6 Å². The molecule has 2 aromatic rings. The summed E-state index contributed by atoms with van der Waals surface area (Å²) in [4.78, 5) is 17.6. The summed E-state index contributed by atoms with van der Waals surface area (Å²) in [6.45, 7) is 5.15. The van der Waals surface area contributed by atoms with E-state index in [4.69, 9.17) is 0 Å². The number of hydrogen-bond donors (Lipinski definition) is 0. The number of benzene rings is 1. The largest absolute Gasteiger partial charge is 0.332 e. The highest BCUT2D eigenvalue weighted by Gasteiger charge is 2.55. The molecule has 0 unspecified atom stereocenters. The Morgan fingerprint density at radius 1 is 1.14 bits per heavy atom. The van der Waals surface area contributed by atoms with Crippen molar-refractivity contribution in [1.29, 1.82) is 0 Å². The predicted octanol–water partition coefficient (Wildman–Crippen LogP) is 2.88. The van der Waals surface area contributed by atoms with Crippen molar-refractivity contribution in [2.45, 2.75) is 44.3 Å². The molecule has 4 fully saturated rings. The van der Waals surface area contributed by atoms with Crippen LogP contribution in [0.5, 0.6) is 0 Å². The Labute approximate surface area is 162 Å². The molecule has 0 aliphatic carbocycles. The fourth-order valence-corrected chi connectivity index (χ4v) is 5.54. The summed E-state index contributed by atoms with van der Waals surface area (Å²) in [5, 5.41) is 4.39. The van der Waals surface area contributed by atoms with E-state index < -0.39 is 11.6 Å². The second-order valence-corrected chi connectivity index (χ2v) is 8.18. The molecule has 7 heteroatoms.